The Morgan fingerprint density at radius 3 is 2.78 bits per heavy atom. The minimum absolute atomic E-state index is 0.0402. The lowest BCUT2D eigenvalue weighted by Gasteiger charge is -2.46. The highest BCUT2D eigenvalue weighted by Crippen LogP contribution is 2.52. The fourth-order valence-corrected chi connectivity index (χ4v) is 5.63. The number of carbonyl (C=O) groups is 3. The number of thiazole rings is 1. The molecule has 10 heteroatoms. The molecule has 0 aliphatic carbocycles. The molecule has 8 nitrogen and oxygen atoms in total. The number of hydrogen-bond donors (Lipinski definition) is 2. The topological polar surface area (TPSA) is 117 Å². The molecule has 1 fully saturated rings. The summed E-state index contributed by atoms with van der Waals surface area (Å²) in [5.74, 6) is -2.72. The van der Waals surface area contributed by atoms with E-state index in [-0.39, 0.29) is 36.0 Å². The summed E-state index contributed by atoms with van der Waals surface area (Å²) < 4.78 is 5.50. The number of carboxylic acids is 1. The van der Waals surface area contributed by atoms with E-state index in [1.807, 2.05) is 6.92 Å². The van der Waals surface area contributed by atoms with Crippen molar-refractivity contribution in [3.8, 4) is 0 Å². The number of aliphatic carboxylic acids is 1. The van der Waals surface area contributed by atoms with Crippen LogP contribution in [0.25, 0.3) is 0 Å². The highest BCUT2D eigenvalue weighted by Gasteiger charge is 2.60. The number of thioether (sulfide) groups is 1. The normalized spacial score (nSPS) is 25.3. The molecule has 2 aliphatic heterocycles. The molecular formula is C17H20N2O6S2. The summed E-state index contributed by atoms with van der Waals surface area (Å²) >= 11 is 2.51. The molecule has 1 aromatic rings. The summed E-state index contributed by atoms with van der Waals surface area (Å²) in [6.45, 7) is 5.42. The van der Waals surface area contributed by atoms with Gasteiger partial charge in [-0.05, 0) is 13.8 Å². The maximum Gasteiger partial charge on any atom is 0.353 e. The summed E-state index contributed by atoms with van der Waals surface area (Å²) in [4.78, 5) is 41.9. The smallest absolute Gasteiger partial charge is 0.353 e. The lowest BCUT2D eigenvalue weighted by molar-refractivity contribution is -0.163. The van der Waals surface area contributed by atoms with Crippen molar-refractivity contribution < 1.29 is 29.3 Å². The largest absolute Gasteiger partial charge is 0.477 e. The molecule has 2 aliphatic rings. The van der Waals surface area contributed by atoms with Gasteiger partial charge in [0.15, 0.2) is 4.34 Å². The molecule has 146 valence electrons. The number of carboxylic acid groups (broad SMARTS) is 1. The summed E-state index contributed by atoms with van der Waals surface area (Å²) in [5, 5.41) is 21.2. The van der Waals surface area contributed by atoms with Gasteiger partial charge in [0.2, 0.25) is 5.91 Å². The van der Waals surface area contributed by atoms with E-state index < -0.39 is 18.0 Å². The van der Waals surface area contributed by atoms with Gasteiger partial charge in [0.1, 0.15) is 5.70 Å². The number of fused-ring (bicyclic) bond motifs is 1. The third kappa shape index (κ3) is 3.48. The van der Waals surface area contributed by atoms with Gasteiger partial charge in [-0.25, -0.2) is 9.78 Å². The van der Waals surface area contributed by atoms with Crippen LogP contribution in [0.4, 0.5) is 0 Å². The Kier molecular flexibility index (Phi) is 5.59. The summed E-state index contributed by atoms with van der Waals surface area (Å²) in [5.41, 5.74) is 0.520. The van der Waals surface area contributed by atoms with E-state index in [0.717, 1.165) is 0 Å². The molecule has 0 spiro atoms. The van der Waals surface area contributed by atoms with Crippen LogP contribution in [0.2, 0.25) is 0 Å². The molecule has 0 aromatic carbocycles. The van der Waals surface area contributed by atoms with Gasteiger partial charge in [0, 0.05) is 16.2 Å². The number of carbonyl (C=O) groups excluding carboxylic acids is 2. The van der Waals surface area contributed by atoms with Crippen LogP contribution < -0.4 is 0 Å². The van der Waals surface area contributed by atoms with E-state index in [1.165, 1.54) is 28.0 Å². The van der Waals surface area contributed by atoms with Gasteiger partial charge >= 0.3 is 11.9 Å². The highest BCUT2D eigenvalue weighted by molar-refractivity contribution is 8.04. The molecule has 27 heavy (non-hydrogen) atoms. The number of hydrogen-bond acceptors (Lipinski definition) is 8. The molecule has 3 rings (SSSR count). The van der Waals surface area contributed by atoms with Crippen molar-refractivity contribution in [3.05, 3.63) is 21.7 Å². The van der Waals surface area contributed by atoms with Crippen molar-refractivity contribution in [2.45, 2.75) is 43.7 Å². The Bertz CT molecular complexity index is 818. The first kappa shape index (κ1) is 19.8. The number of amides is 1. The first-order valence-electron chi connectivity index (χ1n) is 8.52. The predicted molar refractivity (Wildman–Crippen MR) is 97.9 cm³/mol. The number of esters is 1. The molecule has 1 aromatic heterocycles. The van der Waals surface area contributed by atoms with E-state index in [9.17, 15) is 24.6 Å². The Labute approximate surface area is 164 Å². The Balaban J connectivity index is 1.82. The fourth-order valence-electron chi connectivity index (χ4n) is 3.53. The maximum absolute atomic E-state index is 12.3. The van der Waals surface area contributed by atoms with Crippen LogP contribution in [-0.4, -0.2) is 56.7 Å². The fraction of sp³-hybridized carbons (Fsp3) is 0.529. The highest BCUT2D eigenvalue weighted by atomic mass is 32.2. The molecule has 0 saturated carbocycles. The van der Waals surface area contributed by atoms with Gasteiger partial charge in [-0.1, -0.05) is 18.7 Å². The van der Waals surface area contributed by atoms with E-state index in [2.05, 4.69) is 4.98 Å². The van der Waals surface area contributed by atoms with Gasteiger partial charge < -0.3 is 19.8 Å². The van der Waals surface area contributed by atoms with Crippen LogP contribution >= 0.6 is 23.1 Å². The van der Waals surface area contributed by atoms with Gasteiger partial charge in [0.25, 0.3) is 0 Å². The van der Waals surface area contributed by atoms with Crippen molar-refractivity contribution in [3.63, 3.8) is 0 Å². The van der Waals surface area contributed by atoms with Gasteiger partial charge in [-0.3, -0.25) is 9.59 Å². The van der Waals surface area contributed by atoms with Gasteiger partial charge in [-0.2, -0.15) is 0 Å². The number of rotatable bonds is 7. The molecular weight excluding hydrogens is 392 g/mol. The third-order valence-corrected chi connectivity index (χ3v) is 6.94. The monoisotopic (exact) mass is 412 g/mol. The first-order chi connectivity index (χ1) is 12.8. The quantitative estimate of drug-likeness (QED) is 0.511. The average molecular weight is 412 g/mol. The summed E-state index contributed by atoms with van der Waals surface area (Å²) in [7, 11) is 0. The van der Waals surface area contributed by atoms with Crippen LogP contribution in [0, 0.1) is 11.8 Å². The Morgan fingerprint density at radius 2 is 2.19 bits per heavy atom. The minimum atomic E-state index is -1.17. The van der Waals surface area contributed by atoms with Crippen molar-refractivity contribution >= 4 is 40.9 Å². The minimum Gasteiger partial charge on any atom is -0.477 e. The predicted octanol–water partition coefficient (Wildman–Crippen LogP) is 1.49. The van der Waals surface area contributed by atoms with E-state index in [1.54, 1.807) is 19.2 Å². The van der Waals surface area contributed by atoms with Crippen LogP contribution in [0.3, 0.4) is 0 Å². The second-order valence-corrected chi connectivity index (χ2v) is 8.61. The maximum atomic E-state index is 12.3. The lowest BCUT2D eigenvalue weighted by atomic mass is 9.79. The molecule has 2 N–H and O–H groups in total. The van der Waals surface area contributed by atoms with Crippen LogP contribution in [-0.2, 0) is 25.5 Å². The molecule has 1 saturated heterocycles. The molecule has 1 amide bonds. The lowest BCUT2D eigenvalue weighted by Crippen LogP contribution is -2.63. The van der Waals surface area contributed by atoms with Crippen molar-refractivity contribution in [2.75, 3.05) is 6.61 Å². The summed E-state index contributed by atoms with van der Waals surface area (Å²) in [6.07, 6.45) is -0.778. The zero-order chi connectivity index (χ0) is 19.9. The standard InChI is InChI=1S/C17H20N2O6S2/c1-4-25-10(21)5-9-6-26-17(18-9)27-14-7(2)12-11(8(3)20)15(22)19(12)13(14)16(23)24/h6-8,11-12,20H,4-5H2,1-3H3,(H,23,24). The SMILES string of the molecule is CCOC(=O)Cc1csc(SC2=C(C(=O)O)N3C(=O)C(C(C)O)C3C2C)n1. The van der Waals surface area contributed by atoms with E-state index in [4.69, 9.17) is 4.74 Å². The molecule has 4 atom stereocenters. The van der Waals surface area contributed by atoms with Crippen LogP contribution in [0.1, 0.15) is 26.5 Å². The van der Waals surface area contributed by atoms with E-state index in [0.29, 0.717) is 21.5 Å². The number of aliphatic hydroxyl groups excluding tert-OH is 1. The zero-order valence-corrected chi connectivity index (χ0v) is 16.7. The average Bonchev–Trinajstić information content (AvgIpc) is 3.10. The van der Waals surface area contributed by atoms with Crippen LogP contribution in [0.5, 0.6) is 0 Å². The van der Waals surface area contributed by atoms with Crippen LogP contribution in [0.15, 0.2) is 20.3 Å². The number of ether oxygens (including phenoxy) is 1. The number of aliphatic hydroxyl groups is 1. The first-order valence-corrected chi connectivity index (χ1v) is 10.2. The number of nitrogens with zero attached hydrogens (tertiary/aromatic N) is 2. The van der Waals surface area contributed by atoms with Crippen molar-refractivity contribution in [2.24, 2.45) is 11.8 Å². The summed E-state index contributed by atoms with van der Waals surface area (Å²) in [6, 6.07) is -0.356. The third-order valence-electron chi connectivity index (χ3n) is 4.67. The molecule has 4 unspecified atom stereocenters. The number of aromatic nitrogens is 1. The van der Waals surface area contributed by atoms with Gasteiger partial charge in [0.05, 0.1) is 36.8 Å². The Morgan fingerprint density at radius 1 is 1.48 bits per heavy atom. The molecule has 3 heterocycles. The molecule has 0 radical (unpaired) electrons. The van der Waals surface area contributed by atoms with Gasteiger partial charge in [-0.15, -0.1) is 11.3 Å². The zero-order valence-electron chi connectivity index (χ0n) is 15.0. The second kappa shape index (κ2) is 7.61. The van der Waals surface area contributed by atoms with Crippen molar-refractivity contribution in [1.82, 2.24) is 9.88 Å². The number of β-lactam (4-membered cyclic amide) rings is 1. The second-order valence-electron chi connectivity index (χ2n) is 6.46. The van der Waals surface area contributed by atoms with E-state index >= 15 is 0 Å². The van der Waals surface area contributed by atoms with Crippen molar-refractivity contribution in [1.29, 1.82) is 0 Å². The molecule has 0 bridgehead atoms. The Hall–Kier alpha value is -1.91.